The van der Waals surface area contributed by atoms with Crippen LogP contribution in [0.4, 0.5) is 0 Å². The molecule has 0 bridgehead atoms. The first-order chi connectivity index (χ1) is 11.5. The summed E-state index contributed by atoms with van der Waals surface area (Å²) >= 11 is 0. The maximum atomic E-state index is 12.1. The number of benzene rings is 2. The Morgan fingerprint density at radius 2 is 1.92 bits per heavy atom. The number of amides is 1. The number of carbonyl (C=O) groups excluding carboxylic acids is 1. The van der Waals surface area contributed by atoms with Crippen molar-refractivity contribution >= 4 is 5.91 Å². The highest BCUT2D eigenvalue weighted by Crippen LogP contribution is 2.23. The molecule has 0 aliphatic carbocycles. The number of hydrogen-bond acceptors (Lipinski definition) is 3. The molecule has 0 spiro atoms. The van der Waals surface area contributed by atoms with Gasteiger partial charge >= 0.3 is 0 Å². The summed E-state index contributed by atoms with van der Waals surface area (Å²) in [4.78, 5) is 12.1. The van der Waals surface area contributed by atoms with E-state index < -0.39 is 5.60 Å². The van der Waals surface area contributed by atoms with Crippen LogP contribution in [0.3, 0.4) is 0 Å². The normalized spacial score (nSPS) is 13.1. The van der Waals surface area contributed by atoms with Gasteiger partial charge in [-0.25, -0.2) is 0 Å². The van der Waals surface area contributed by atoms with E-state index in [4.69, 9.17) is 4.74 Å². The summed E-state index contributed by atoms with van der Waals surface area (Å²) in [5.74, 6) is 0.679. The van der Waals surface area contributed by atoms with Crippen LogP contribution in [0.1, 0.15) is 31.4 Å². The first kappa shape index (κ1) is 18.0. The van der Waals surface area contributed by atoms with Crippen LogP contribution in [0.15, 0.2) is 54.6 Å². The average Bonchev–Trinajstić information content (AvgIpc) is 2.56. The molecule has 0 saturated carbocycles. The smallest absolute Gasteiger partial charge is 0.223 e. The fourth-order valence-electron chi connectivity index (χ4n) is 2.58. The molecule has 4 nitrogen and oxygen atoms in total. The molecule has 2 N–H and O–H groups in total. The van der Waals surface area contributed by atoms with E-state index in [0.29, 0.717) is 13.2 Å². The van der Waals surface area contributed by atoms with E-state index >= 15 is 0 Å². The third-order valence-corrected chi connectivity index (χ3v) is 3.85. The minimum atomic E-state index is -1.17. The van der Waals surface area contributed by atoms with Gasteiger partial charge in [-0.1, -0.05) is 42.5 Å². The fourth-order valence-corrected chi connectivity index (χ4v) is 2.58. The molecule has 0 aliphatic heterocycles. The molecule has 0 radical (unpaired) electrons. The van der Waals surface area contributed by atoms with Crippen molar-refractivity contribution in [2.75, 3.05) is 13.2 Å². The van der Waals surface area contributed by atoms with Crippen LogP contribution in [-0.2, 0) is 16.8 Å². The standard InChI is InChI=1S/C20H25NO3/c1-3-24-18-11-7-8-16(14-18)12-13-21-19(22)15-20(2,23)17-9-5-4-6-10-17/h4-11,14,23H,3,12-13,15H2,1-2H3,(H,21,22). The van der Waals surface area contributed by atoms with Crippen LogP contribution in [0.2, 0.25) is 0 Å². The van der Waals surface area contributed by atoms with Crippen molar-refractivity contribution in [1.29, 1.82) is 0 Å². The Morgan fingerprint density at radius 3 is 2.62 bits per heavy atom. The van der Waals surface area contributed by atoms with E-state index in [2.05, 4.69) is 5.32 Å². The molecule has 1 atom stereocenters. The molecule has 2 rings (SSSR count). The highest BCUT2D eigenvalue weighted by atomic mass is 16.5. The van der Waals surface area contributed by atoms with Crippen molar-refractivity contribution in [2.24, 2.45) is 0 Å². The maximum absolute atomic E-state index is 12.1. The number of ether oxygens (including phenoxy) is 1. The number of hydrogen-bond donors (Lipinski definition) is 2. The molecule has 0 fully saturated rings. The lowest BCUT2D eigenvalue weighted by Gasteiger charge is -2.23. The number of nitrogens with one attached hydrogen (secondary N) is 1. The topological polar surface area (TPSA) is 58.6 Å². The SMILES string of the molecule is CCOc1cccc(CCNC(=O)CC(C)(O)c2ccccc2)c1. The van der Waals surface area contributed by atoms with Gasteiger partial charge in [0, 0.05) is 6.54 Å². The molecule has 24 heavy (non-hydrogen) atoms. The minimum Gasteiger partial charge on any atom is -0.494 e. The Kier molecular flexibility index (Phi) is 6.38. The molecule has 2 aromatic carbocycles. The van der Waals surface area contributed by atoms with Gasteiger partial charge in [0.2, 0.25) is 5.91 Å². The largest absolute Gasteiger partial charge is 0.494 e. The zero-order chi connectivity index (χ0) is 17.4. The van der Waals surface area contributed by atoms with Crippen LogP contribution in [0, 0.1) is 0 Å². The molecule has 128 valence electrons. The highest BCUT2D eigenvalue weighted by molar-refractivity contribution is 5.77. The molecule has 0 saturated heterocycles. The second-order valence-corrected chi connectivity index (χ2v) is 6.00. The number of carbonyl (C=O) groups is 1. The summed E-state index contributed by atoms with van der Waals surface area (Å²) in [6, 6.07) is 17.1. The maximum Gasteiger partial charge on any atom is 0.223 e. The summed E-state index contributed by atoms with van der Waals surface area (Å²) in [6.07, 6.45) is 0.760. The average molecular weight is 327 g/mol. The number of rotatable bonds is 8. The van der Waals surface area contributed by atoms with Gasteiger partial charge in [0.1, 0.15) is 5.75 Å². The van der Waals surface area contributed by atoms with E-state index in [1.54, 1.807) is 6.92 Å². The molecule has 2 aromatic rings. The van der Waals surface area contributed by atoms with Gasteiger partial charge in [0.25, 0.3) is 0 Å². The first-order valence-electron chi connectivity index (χ1n) is 8.27. The molecule has 0 aromatic heterocycles. The second-order valence-electron chi connectivity index (χ2n) is 6.00. The summed E-state index contributed by atoms with van der Waals surface area (Å²) < 4.78 is 5.47. The zero-order valence-electron chi connectivity index (χ0n) is 14.3. The van der Waals surface area contributed by atoms with Gasteiger partial charge < -0.3 is 15.2 Å². The van der Waals surface area contributed by atoms with Crippen molar-refractivity contribution in [3.05, 3.63) is 65.7 Å². The molecule has 0 aliphatic rings. The van der Waals surface area contributed by atoms with Gasteiger partial charge in [-0.2, -0.15) is 0 Å². The lowest BCUT2D eigenvalue weighted by Crippen LogP contribution is -2.33. The van der Waals surface area contributed by atoms with Gasteiger partial charge in [-0.05, 0) is 43.5 Å². The Bertz CT molecular complexity index is 653. The van der Waals surface area contributed by atoms with Gasteiger partial charge in [0.05, 0.1) is 18.6 Å². The van der Waals surface area contributed by atoms with E-state index in [0.717, 1.165) is 23.3 Å². The zero-order valence-corrected chi connectivity index (χ0v) is 14.3. The van der Waals surface area contributed by atoms with Crippen molar-refractivity contribution in [3.8, 4) is 5.75 Å². The highest BCUT2D eigenvalue weighted by Gasteiger charge is 2.26. The van der Waals surface area contributed by atoms with Gasteiger partial charge in [0.15, 0.2) is 0 Å². The third kappa shape index (κ3) is 5.39. The quantitative estimate of drug-likeness (QED) is 0.783. The molecule has 1 unspecified atom stereocenters. The summed E-state index contributed by atoms with van der Waals surface area (Å²) in [5.41, 5.74) is 0.681. The molecule has 1 amide bonds. The lowest BCUT2D eigenvalue weighted by molar-refractivity contribution is -0.125. The van der Waals surface area contributed by atoms with Crippen LogP contribution >= 0.6 is 0 Å². The predicted molar refractivity (Wildman–Crippen MR) is 95.0 cm³/mol. The van der Waals surface area contributed by atoms with E-state index in [1.165, 1.54) is 0 Å². The van der Waals surface area contributed by atoms with Crippen molar-refractivity contribution in [2.45, 2.75) is 32.3 Å². The summed E-state index contributed by atoms with van der Waals surface area (Å²) in [5, 5.41) is 13.4. The number of aliphatic hydroxyl groups is 1. The van der Waals surface area contributed by atoms with E-state index in [9.17, 15) is 9.90 Å². The Hall–Kier alpha value is -2.33. The Morgan fingerprint density at radius 1 is 1.17 bits per heavy atom. The minimum absolute atomic E-state index is 0.0377. The van der Waals surface area contributed by atoms with Crippen LogP contribution < -0.4 is 10.1 Å². The molecule has 0 heterocycles. The summed E-state index contributed by atoms with van der Waals surface area (Å²) in [6.45, 7) is 4.77. The molecular weight excluding hydrogens is 302 g/mol. The first-order valence-corrected chi connectivity index (χ1v) is 8.27. The molecule has 4 heteroatoms. The van der Waals surface area contributed by atoms with Crippen LogP contribution in [-0.4, -0.2) is 24.2 Å². The van der Waals surface area contributed by atoms with Gasteiger partial charge in [-0.15, -0.1) is 0 Å². The van der Waals surface area contributed by atoms with Crippen molar-refractivity contribution in [3.63, 3.8) is 0 Å². The molecular formula is C20H25NO3. The lowest BCUT2D eigenvalue weighted by atomic mass is 9.92. The van der Waals surface area contributed by atoms with E-state index in [-0.39, 0.29) is 12.3 Å². The van der Waals surface area contributed by atoms with Crippen LogP contribution in [0.5, 0.6) is 5.75 Å². The van der Waals surface area contributed by atoms with Crippen LogP contribution in [0.25, 0.3) is 0 Å². The second kappa shape index (κ2) is 8.50. The third-order valence-electron chi connectivity index (χ3n) is 3.85. The predicted octanol–water partition coefficient (Wildman–Crippen LogP) is 3.04. The van der Waals surface area contributed by atoms with Gasteiger partial charge in [-0.3, -0.25) is 4.79 Å². The fraction of sp³-hybridized carbons (Fsp3) is 0.350. The Labute approximate surface area is 143 Å². The Balaban J connectivity index is 1.82. The van der Waals surface area contributed by atoms with Crippen molar-refractivity contribution < 1.29 is 14.6 Å². The monoisotopic (exact) mass is 327 g/mol. The van der Waals surface area contributed by atoms with E-state index in [1.807, 2.05) is 61.5 Å². The van der Waals surface area contributed by atoms with Crippen molar-refractivity contribution in [1.82, 2.24) is 5.32 Å². The summed E-state index contributed by atoms with van der Waals surface area (Å²) in [7, 11) is 0.